The Hall–Kier alpha value is -3.87. The minimum absolute atomic E-state index is 0.683. The lowest BCUT2D eigenvalue weighted by Gasteiger charge is -2.48. The lowest BCUT2D eigenvalue weighted by atomic mass is 9.96. The molecule has 0 amide bonds. The first kappa shape index (κ1) is 30.2. The Morgan fingerprint density at radius 2 is 0.977 bits per heavy atom. The lowest BCUT2D eigenvalue weighted by molar-refractivity contribution is -0.357. The third-order valence-electron chi connectivity index (χ3n) is 5.76. The first-order valence-electron chi connectivity index (χ1n) is 15.5. The topological polar surface area (TPSA) is 232 Å². The predicted octanol–water partition coefficient (Wildman–Crippen LogP) is -1.40. The van der Waals surface area contributed by atoms with Gasteiger partial charge in [-0.05, 0) is 0 Å². The molecular formula is C26H36O18. The van der Waals surface area contributed by atoms with Crippen LogP contribution in [0.1, 0.15) is 53.9 Å². The van der Waals surface area contributed by atoms with Crippen LogP contribution in [0.25, 0.3) is 0 Å². The molecule has 2 aliphatic rings. The van der Waals surface area contributed by atoms with Crippen molar-refractivity contribution in [3.63, 3.8) is 0 Å². The van der Waals surface area contributed by atoms with Crippen molar-refractivity contribution in [2.75, 3.05) is 13.2 Å². The fraction of sp³-hybridized carbons (Fsp3) is 0.731. The van der Waals surface area contributed by atoms with Gasteiger partial charge in [-0.2, -0.15) is 0 Å². The molecule has 18 nitrogen and oxygen atoms in total. The number of aliphatic hydroxyl groups is 1. The van der Waals surface area contributed by atoms with E-state index in [1.54, 1.807) is 0 Å². The molecule has 1 unspecified atom stereocenters. The van der Waals surface area contributed by atoms with E-state index < -0.39 is 144 Å². The maximum absolute atomic E-state index is 12.4. The van der Waals surface area contributed by atoms with E-state index in [2.05, 4.69) is 0 Å². The monoisotopic (exact) mass is 640 g/mol. The standard InChI is InChI=1S/C26H36O18/c1-10(27)35-8-17-20(21(38-13(4)30)23(25(34)42-17)40-15(6)32)44-26-24(41-16(7)33)22(39-14(5)31)19(37-12(3)29)18(43-26)9-36-11(2)28/h17-26,34H,8-9H2,1-7H3/t17-,18-,19-,20-,21+,22+,23-,24-,25+,26?/m1/s1/i2D,3D,5D,7D. The molecule has 0 saturated carbocycles. The quantitative estimate of drug-likeness (QED) is 0.202. The average molecular weight is 641 g/mol. The van der Waals surface area contributed by atoms with Crippen LogP contribution in [0.2, 0.25) is 0 Å². The molecule has 248 valence electrons. The van der Waals surface area contributed by atoms with Crippen LogP contribution >= 0.6 is 0 Å². The molecule has 0 bridgehead atoms. The van der Waals surface area contributed by atoms with Gasteiger partial charge in [0.2, 0.25) is 0 Å². The van der Waals surface area contributed by atoms with E-state index >= 15 is 0 Å². The van der Waals surface area contributed by atoms with Crippen molar-refractivity contribution >= 4 is 41.8 Å². The van der Waals surface area contributed by atoms with Crippen LogP contribution in [0.5, 0.6) is 0 Å². The summed E-state index contributed by atoms with van der Waals surface area (Å²) in [6.07, 6.45) is -18.3. The minimum Gasteiger partial charge on any atom is -0.463 e. The van der Waals surface area contributed by atoms with Crippen LogP contribution in [-0.2, 0) is 80.9 Å². The summed E-state index contributed by atoms with van der Waals surface area (Å²) in [6, 6.07) is 0. The van der Waals surface area contributed by atoms with Gasteiger partial charge < -0.3 is 52.5 Å². The largest absolute Gasteiger partial charge is 0.463 e. The van der Waals surface area contributed by atoms with Gasteiger partial charge in [-0.3, -0.25) is 33.6 Å². The number of hydrogen-bond acceptors (Lipinski definition) is 18. The summed E-state index contributed by atoms with van der Waals surface area (Å²) in [4.78, 5) is 84.7. The van der Waals surface area contributed by atoms with E-state index in [4.69, 9.17) is 52.9 Å². The first-order valence-corrected chi connectivity index (χ1v) is 12.7. The summed E-state index contributed by atoms with van der Waals surface area (Å²) < 4.78 is 83.0. The molecule has 0 aromatic rings. The second-order valence-electron chi connectivity index (χ2n) is 9.21. The number of ether oxygens (including phenoxy) is 10. The first-order chi connectivity index (χ1) is 22.6. The lowest BCUT2D eigenvalue weighted by Crippen LogP contribution is -2.67. The fourth-order valence-corrected chi connectivity index (χ4v) is 4.35. The van der Waals surface area contributed by atoms with Crippen molar-refractivity contribution in [2.45, 2.75) is 110 Å². The molecule has 0 aromatic carbocycles. The Kier molecular flexibility index (Phi) is 11.2. The molecule has 44 heavy (non-hydrogen) atoms. The van der Waals surface area contributed by atoms with Gasteiger partial charge in [-0.1, -0.05) is 0 Å². The fourth-order valence-electron chi connectivity index (χ4n) is 4.35. The van der Waals surface area contributed by atoms with Crippen LogP contribution in [0.15, 0.2) is 0 Å². The summed E-state index contributed by atoms with van der Waals surface area (Å²) in [5.41, 5.74) is 0. The molecule has 2 fully saturated rings. The molecule has 2 aliphatic heterocycles. The van der Waals surface area contributed by atoms with E-state index in [0.717, 1.165) is 20.8 Å². The van der Waals surface area contributed by atoms with Gasteiger partial charge in [0.25, 0.3) is 0 Å². The normalized spacial score (nSPS) is 32.6. The Morgan fingerprint density at radius 1 is 0.545 bits per heavy atom. The van der Waals surface area contributed by atoms with E-state index in [0.29, 0.717) is 0 Å². The molecule has 2 rings (SSSR count). The highest BCUT2D eigenvalue weighted by Gasteiger charge is 2.57. The maximum Gasteiger partial charge on any atom is 0.303 e. The third-order valence-corrected chi connectivity index (χ3v) is 5.76. The minimum atomic E-state index is -2.03. The second-order valence-corrected chi connectivity index (χ2v) is 9.21. The molecular weight excluding hydrogens is 600 g/mol. The van der Waals surface area contributed by atoms with Crippen molar-refractivity contribution in [1.82, 2.24) is 0 Å². The molecule has 0 aliphatic carbocycles. The van der Waals surface area contributed by atoms with Gasteiger partial charge in [0.15, 0.2) is 43.1 Å². The molecule has 0 radical (unpaired) electrons. The number of aliphatic hydroxyl groups excluding tert-OH is 1. The Bertz CT molecular complexity index is 1170. The number of carbonyl (C=O) groups is 7. The van der Waals surface area contributed by atoms with Crippen LogP contribution in [0.3, 0.4) is 0 Å². The van der Waals surface area contributed by atoms with Crippen molar-refractivity contribution in [1.29, 1.82) is 0 Å². The predicted molar refractivity (Wildman–Crippen MR) is 135 cm³/mol. The molecule has 0 spiro atoms. The zero-order valence-electron chi connectivity index (χ0n) is 27.9. The van der Waals surface area contributed by atoms with Gasteiger partial charge in [-0.15, -0.1) is 0 Å². The van der Waals surface area contributed by atoms with Crippen LogP contribution < -0.4 is 0 Å². The second kappa shape index (κ2) is 16.3. The zero-order chi connectivity index (χ0) is 36.1. The van der Waals surface area contributed by atoms with Gasteiger partial charge in [0, 0.05) is 53.9 Å². The van der Waals surface area contributed by atoms with E-state index in [1.165, 1.54) is 0 Å². The smallest absolute Gasteiger partial charge is 0.303 e. The van der Waals surface area contributed by atoms with Gasteiger partial charge in [-0.25, -0.2) is 0 Å². The van der Waals surface area contributed by atoms with Gasteiger partial charge in [0.05, 0.1) is 0 Å². The molecule has 18 heteroatoms. The van der Waals surface area contributed by atoms with Crippen molar-refractivity contribution in [3.8, 4) is 0 Å². The highest BCUT2D eigenvalue weighted by Crippen LogP contribution is 2.34. The summed E-state index contributed by atoms with van der Waals surface area (Å²) in [7, 11) is 0. The maximum atomic E-state index is 12.4. The molecule has 1 N–H and O–H groups in total. The number of hydrogen-bond donors (Lipinski definition) is 1. The van der Waals surface area contributed by atoms with Crippen molar-refractivity contribution < 1.29 is 91.5 Å². The Balaban J connectivity index is 2.73. The molecule has 10 atom stereocenters. The van der Waals surface area contributed by atoms with E-state index in [9.17, 15) is 38.7 Å². The van der Waals surface area contributed by atoms with Crippen molar-refractivity contribution in [3.05, 3.63) is 0 Å². The van der Waals surface area contributed by atoms with E-state index in [1.807, 2.05) is 0 Å². The van der Waals surface area contributed by atoms with Gasteiger partial charge >= 0.3 is 41.8 Å². The summed E-state index contributed by atoms with van der Waals surface area (Å²) in [5.74, 6) is -7.61. The Morgan fingerprint density at radius 3 is 1.50 bits per heavy atom. The summed E-state index contributed by atoms with van der Waals surface area (Å²) >= 11 is 0. The molecule has 0 aromatic heterocycles. The zero-order valence-corrected chi connectivity index (χ0v) is 23.9. The average Bonchev–Trinajstić information content (AvgIpc) is 3.03. The summed E-state index contributed by atoms with van der Waals surface area (Å²) in [5, 5.41) is 10.7. The summed E-state index contributed by atoms with van der Waals surface area (Å²) in [6.45, 7) is -2.38. The van der Waals surface area contributed by atoms with Crippen molar-refractivity contribution in [2.24, 2.45) is 0 Å². The number of carbonyl (C=O) groups excluding carboxylic acids is 7. The number of rotatable bonds is 11. The van der Waals surface area contributed by atoms with Crippen LogP contribution in [-0.4, -0.2) is 122 Å². The number of esters is 7. The molecule has 2 heterocycles. The highest BCUT2D eigenvalue weighted by atomic mass is 16.8. The van der Waals surface area contributed by atoms with E-state index in [-0.39, 0.29) is 0 Å². The third kappa shape index (κ3) is 10.7. The van der Waals surface area contributed by atoms with Crippen LogP contribution in [0.4, 0.5) is 0 Å². The van der Waals surface area contributed by atoms with Crippen LogP contribution in [0, 0.1) is 0 Å². The highest BCUT2D eigenvalue weighted by molar-refractivity contribution is 5.69. The Labute approximate surface area is 257 Å². The SMILES string of the molecule is [2H]CC(=O)OC[C@H]1OC(O[C@H]2[C@H](OC(C)=O)[C@@H](OC(C)=O)[C@@H](O)O[C@@H]2COC(C)=O)[C@H](OC(=O)C[2H])[C@@H](OC(=O)C[2H])[C@@H]1OC(=O)C[2H]. The van der Waals surface area contributed by atoms with Gasteiger partial charge in [0.1, 0.15) is 31.5 Å². The molecule has 2 saturated heterocycles.